The molecule has 0 bridgehead atoms. The molecule has 0 aromatic carbocycles. The van der Waals surface area contributed by atoms with Gasteiger partial charge in [-0.05, 0) is 24.7 Å². The summed E-state index contributed by atoms with van der Waals surface area (Å²) in [6.45, 7) is 6.73. The SMILES string of the molecule is CC1CCC(c2[nH]nc(N)c2C(C)C)CC1. The molecule has 1 aromatic rings. The van der Waals surface area contributed by atoms with Gasteiger partial charge >= 0.3 is 0 Å². The Morgan fingerprint density at radius 3 is 2.44 bits per heavy atom. The van der Waals surface area contributed by atoms with Crippen molar-refractivity contribution in [1.29, 1.82) is 0 Å². The first-order chi connectivity index (χ1) is 7.59. The van der Waals surface area contributed by atoms with Crippen LogP contribution in [0.4, 0.5) is 5.82 Å². The zero-order valence-corrected chi connectivity index (χ0v) is 10.6. The standard InChI is InChI=1S/C13H23N3/c1-8(2)11-12(15-16-13(11)14)10-6-4-9(3)5-7-10/h8-10H,4-7H2,1-3H3,(H3,14,15,16). The fourth-order valence-corrected chi connectivity index (χ4v) is 2.85. The van der Waals surface area contributed by atoms with E-state index in [4.69, 9.17) is 5.73 Å². The Balaban J connectivity index is 2.20. The molecule has 1 saturated carbocycles. The number of nitrogen functional groups attached to an aromatic ring is 1. The predicted molar refractivity (Wildman–Crippen MR) is 67.5 cm³/mol. The lowest BCUT2D eigenvalue weighted by atomic mass is 9.79. The van der Waals surface area contributed by atoms with E-state index < -0.39 is 0 Å². The van der Waals surface area contributed by atoms with Crippen molar-refractivity contribution >= 4 is 5.82 Å². The Bertz CT molecular complexity index is 346. The Labute approximate surface area is 97.8 Å². The van der Waals surface area contributed by atoms with Crippen molar-refractivity contribution in [1.82, 2.24) is 10.2 Å². The quantitative estimate of drug-likeness (QED) is 0.804. The highest BCUT2D eigenvalue weighted by molar-refractivity contribution is 5.45. The molecule has 0 saturated heterocycles. The van der Waals surface area contributed by atoms with Gasteiger partial charge in [-0.2, -0.15) is 5.10 Å². The predicted octanol–water partition coefficient (Wildman–Crippen LogP) is 3.41. The summed E-state index contributed by atoms with van der Waals surface area (Å²) >= 11 is 0. The lowest BCUT2D eigenvalue weighted by Gasteiger charge is -2.26. The van der Waals surface area contributed by atoms with E-state index in [0.717, 1.165) is 5.92 Å². The zero-order valence-electron chi connectivity index (χ0n) is 10.6. The van der Waals surface area contributed by atoms with E-state index in [9.17, 15) is 0 Å². The van der Waals surface area contributed by atoms with E-state index >= 15 is 0 Å². The first-order valence-electron chi connectivity index (χ1n) is 6.43. The van der Waals surface area contributed by atoms with Gasteiger partial charge < -0.3 is 5.73 Å². The number of aromatic nitrogens is 2. The summed E-state index contributed by atoms with van der Waals surface area (Å²) < 4.78 is 0. The highest BCUT2D eigenvalue weighted by Crippen LogP contribution is 2.39. The van der Waals surface area contributed by atoms with Gasteiger partial charge in [-0.1, -0.05) is 33.6 Å². The summed E-state index contributed by atoms with van der Waals surface area (Å²) in [4.78, 5) is 0. The molecule has 0 unspecified atom stereocenters. The lowest BCUT2D eigenvalue weighted by Crippen LogP contribution is -2.13. The summed E-state index contributed by atoms with van der Waals surface area (Å²) in [5, 5.41) is 7.35. The third-order valence-electron chi connectivity index (χ3n) is 3.86. The third kappa shape index (κ3) is 2.08. The molecule has 0 amide bonds. The van der Waals surface area contributed by atoms with E-state index in [2.05, 4.69) is 31.0 Å². The average molecular weight is 221 g/mol. The minimum absolute atomic E-state index is 0.466. The maximum atomic E-state index is 5.93. The molecule has 0 radical (unpaired) electrons. The minimum Gasteiger partial charge on any atom is -0.382 e. The molecule has 3 nitrogen and oxygen atoms in total. The second-order valence-electron chi connectivity index (χ2n) is 5.55. The number of hydrogen-bond acceptors (Lipinski definition) is 2. The van der Waals surface area contributed by atoms with Crippen molar-refractivity contribution in [2.45, 2.75) is 58.3 Å². The molecule has 3 N–H and O–H groups in total. The number of rotatable bonds is 2. The van der Waals surface area contributed by atoms with Crippen LogP contribution in [0.15, 0.2) is 0 Å². The van der Waals surface area contributed by atoms with Crippen LogP contribution in [-0.4, -0.2) is 10.2 Å². The molecule has 3 heteroatoms. The smallest absolute Gasteiger partial charge is 0.148 e. The molecule has 1 heterocycles. The molecule has 1 aromatic heterocycles. The van der Waals surface area contributed by atoms with E-state index in [1.54, 1.807) is 0 Å². The Morgan fingerprint density at radius 1 is 1.25 bits per heavy atom. The molecular formula is C13H23N3. The fourth-order valence-electron chi connectivity index (χ4n) is 2.85. The molecule has 1 aliphatic rings. The van der Waals surface area contributed by atoms with Crippen molar-refractivity contribution < 1.29 is 0 Å². The van der Waals surface area contributed by atoms with Crippen LogP contribution in [0.5, 0.6) is 0 Å². The topological polar surface area (TPSA) is 54.7 Å². The number of H-pyrrole nitrogens is 1. The van der Waals surface area contributed by atoms with Crippen LogP contribution in [0, 0.1) is 5.92 Å². The van der Waals surface area contributed by atoms with E-state index in [1.807, 2.05) is 0 Å². The van der Waals surface area contributed by atoms with Crippen molar-refractivity contribution in [3.8, 4) is 0 Å². The van der Waals surface area contributed by atoms with E-state index in [1.165, 1.54) is 36.9 Å². The molecule has 90 valence electrons. The van der Waals surface area contributed by atoms with Crippen LogP contribution in [0.1, 0.15) is 69.5 Å². The van der Waals surface area contributed by atoms with Gasteiger partial charge in [0.25, 0.3) is 0 Å². The molecule has 1 fully saturated rings. The fraction of sp³-hybridized carbons (Fsp3) is 0.769. The largest absolute Gasteiger partial charge is 0.382 e. The first-order valence-corrected chi connectivity index (χ1v) is 6.43. The van der Waals surface area contributed by atoms with Gasteiger partial charge in [0.05, 0.1) is 0 Å². The van der Waals surface area contributed by atoms with Crippen LogP contribution >= 0.6 is 0 Å². The highest BCUT2D eigenvalue weighted by Gasteiger charge is 2.25. The van der Waals surface area contributed by atoms with Crippen LogP contribution in [0.2, 0.25) is 0 Å². The van der Waals surface area contributed by atoms with Gasteiger partial charge in [-0.15, -0.1) is 0 Å². The maximum Gasteiger partial charge on any atom is 0.148 e. The Kier molecular flexibility index (Phi) is 3.22. The van der Waals surface area contributed by atoms with E-state index in [-0.39, 0.29) is 0 Å². The number of nitrogens with one attached hydrogen (secondary N) is 1. The van der Waals surface area contributed by atoms with Crippen molar-refractivity contribution in [3.63, 3.8) is 0 Å². The van der Waals surface area contributed by atoms with Crippen LogP contribution in [0.25, 0.3) is 0 Å². The zero-order chi connectivity index (χ0) is 11.7. The van der Waals surface area contributed by atoms with Crippen molar-refractivity contribution in [2.75, 3.05) is 5.73 Å². The van der Waals surface area contributed by atoms with Gasteiger partial charge in [-0.3, -0.25) is 5.10 Å². The van der Waals surface area contributed by atoms with Gasteiger partial charge in [0.1, 0.15) is 5.82 Å². The highest BCUT2D eigenvalue weighted by atomic mass is 15.2. The van der Waals surface area contributed by atoms with Gasteiger partial charge in [-0.25, -0.2) is 0 Å². The Hall–Kier alpha value is -0.990. The minimum atomic E-state index is 0.466. The van der Waals surface area contributed by atoms with Crippen LogP contribution < -0.4 is 5.73 Å². The van der Waals surface area contributed by atoms with Gasteiger partial charge in [0, 0.05) is 17.2 Å². The molecule has 1 aliphatic carbocycles. The maximum absolute atomic E-state index is 5.93. The third-order valence-corrected chi connectivity index (χ3v) is 3.86. The monoisotopic (exact) mass is 221 g/mol. The molecule has 16 heavy (non-hydrogen) atoms. The Morgan fingerprint density at radius 2 is 1.88 bits per heavy atom. The normalized spacial score (nSPS) is 26.2. The number of nitrogens with two attached hydrogens (primary N) is 1. The van der Waals surface area contributed by atoms with Crippen LogP contribution in [-0.2, 0) is 0 Å². The molecule has 2 rings (SSSR count). The molecular weight excluding hydrogens is 198 g/mol. The average Bonchev–Trinajstić information content (AvgIpc) is 2.61. The van der Waals surface area contributed by atoms with E-state index in [0.29, 0.717) is 17.7 Å². The van der Waals surface area contributed by atoms with Crippen molar-refractivity contribution in [2.24, 2.45) is 5.92 Å². The summed E-state index contributed by atoms with van der Waals surface area (Å²) in [5.74, 6) is 2.70. The summed E-state index contributed by atoms with van der Waals surface area (Å²) in [6, 6.07) is 0. The molecule has 0 aliphatic heterocycles. The second-order valence-corrected chi connectivity index (χ2v) is 5.55. The van der Waals surface area contributed by atoms with Gasteiger partial charge in [0.2, 0.25) is 0 Å². The molecule has 0 spiro atoms. The molecule has 0 atom stereocenters. The number of hydrogen-bond donors (Lipinski definition) is 2. The summed E-state index contributed by atoms with van der Waals surface area (Å²) in [6.07, 6.45) is 5.23. The van der Waals surface area contributed by atoms with Crippen molar-refractivity contribution in [3.05, 3.63) is 11.3 Å². The summed E-state index contributed by atoms with van der Waals surface area (Å²) in [7, 11) is 0. The van der Waals surface area contributed by atoms with Crippen LogP contribution in [0.3, 0.4) is 0 Å². The lowest BCUT2D eigenvalue weighted by molar-refractivity contribution is 0.342. The first kappa shape index (κ1) is 11.5. The number of aromatic amines is 1. The second kappa shape index (κ2) is 4.48. The van der Waals surface area contributed by atoms with Gasteiger partial charge in [0.15, 0.2) is 0 Å². The number of anilines is 1. The number of nitrogens with zero attached hydrogens (tertiary/aromatic N) is 1. The summed E-state index contributed by atoms with van der Waals surface area (Å²) in [5.41, 5.74) is 8.49.